The first kappa shape index (κ1) is 16.5. The molecule has 0 bridgehead atoms. The average Bonchev–Trinajstić information content (AvgIpc) is 2.58. The van der Waals surface area contributed by atoms with Crippen molar-refractivity contribution in [3.63, 3.8) is 0 Å². The van der Waals surface area contributed by atoms with E-state index in [1.54, 1.807) is 0 Å². The molecule has 0 radical (unpaired) electrons. The van der Waals surface area contributed by atoms with Crippen LogP contribution < -0.4 is 10.6 Å². The minimum Gasteiger partial charge on any atom is -0.379 e. The topological polar surface area (TPSA) is 68.3 Å². The van der Waals surface area contributed by atoms with Crippen molar-refractivity contribution in [1.29, 1.82) is 0 Å². The summed E-state index contributed by atoms with van der Waals surface area (Å²) in [7, 11) is 0. The molecule has 1 saturated heterocycles. The SMILES string of the molecule is CCOC1CCC(Nc2nccc(NC3CCCOC3)n2)CC1. The summed E-state index contributed by atoms with van der Waals surface area (Å²) in [6, 6.07) is 2.72. The molecular weight excluding hydrogens is 292 g/mol. The summed E-state index contributed by atoms with van der Waals surface area (Å²) >= 11 is 0. The molecule has 1 unspecified atom stereocenters. The third-order valence-electron chi connectivity index (χ3n) is 4.58. The van der Waals surface area contributed by atoms with E-state index in [9.17, 15) is 0 Å². The predicted octanol–water partition coefficient (Wildman–Crippen LogP) is 2.83. The molecule has 2 N–H and O–H groups in total. The molecule has 128 valence electrons. The molecule has 1 aromatic rings. The fourth-order valence-electron chi connectivity index (χ4n) is 3.36. The van der Waals surface area contributed by atoms with Crippen molar-refractivity contribution in [1.82, 2.24) is 9.97 Å². The zero-order valence-corrected chi connectivity index (χ0v) is 14.0. The van der Waals surface area contributed by atoms with Crippen LogP contribution in [-0.4, -0.2) is 48.0 Å². The zero-order chi connectivity index (χ0) is 15.9. The highest BCUT2D eigenvalue weighted by Crippen LogP contribution is 2.23. The molecule has 2 aliphatic rings. The van der Waals surface area contributed by atoms with Crippen molar-refractivity contribution < 1.29 is 9.47 Å². The van der Waals surface area contributed by atoms with E-state index in [-0.39, 0.29) is 0 Å². The van der Waals surface area contributed by atoms with Crippen molar-refractivity contribution in [3.05, 3.63) is 12.3 Å². The second-order valence-electron chi connectivity index (χ2n) is 6.40. The maximum atomic E-state index is 5.70. The lowest BCUT2D eigenvalue weighted by atomic mass is 9.93. The molecule has 23 heavy (non-hydrogen) atoms. The first-order chi connectivity index (χ1) is 11.3. The molecule has 1 aliphatic heterocycles. The van der Waals surface area contributed by atoms with Gasteiger partial charge in [0.15, 0.2) is 0 Å². The number of ether oxygens (including phenoxy) is 2. The number of hydrogen-bond acceptors (Lipinski definition) is 6. The van der Waals surface area contributed by atoms with E-state index in [4.69, 9.17) is 9.47 Å². The van der Waals surface area contributed by atoms with E-state index >= 15 is 0 Å². The molecule has 6 nitrogen and oxygen atoms in total. The van der Waals surface area contributed by atoms with Crippen LogP contribution in [0.1, 0.15) is 45.4 Å². The number of aromatic nitrogens is 2. The fourth-order valence-corrected chi connectivity index (χ4v) is 3.36. The molecule has 2 heterocycles. The van der Waals surface area contributed by atoms with Crippen LogP contribution in [0.25, 0.3) is 0 Å². The first-order valence-corrected chi connectivity index (χ1v) is 8.89. The van der Waals surface area contributed by atoms with Crippen LogP contribution in [-0.2, 0) is 9.47 Å². The van der Waals surface area contributed by atoms with Gasteiger partial charge in [-0.2, -0.15) is 4.98 Å². The molecule has 3 rings (SSSR count). The highest BCUT2D eigenvalue weighted by Gasteiger charge is 2.22. The maximum absolute atomic E-state index is 5.70. The van der Waals surface area contributed by atoms with Crippen molar-refractivity contribution in [2.24, 2.45) is 0 Å². The Balaban J connectivity index is 1.49. The summed E-state index contributed by atoms with van der Waals surface area (Å²) < 4.78 is 11.2. The Labute approximate surface area is 138 Å². The van der Waals surface area contributed by atoms with Crippen LogP contribution in [0, 0.1) is 0 Å². The number of rotatable bonds is 6. The molecular formula is C17H28N4O2. The standard InChI is InChI=1S/C17H28N4O2/c1-2-23-15-7-5-13(6-8-15)20-17-18-10-9-16(21-17)19-14-4-3-11-22-12-14/h9-10,13-15H,2-8,11-12H2,1H3,(H2,18,19,20,21). The molecule has 6 heteroatoms. The number of anilines is 2. The summed E-state index contributed by atoms with van der Waals surface area (Å²) in [4.78, 5) is 8.95. The Bertz CT molecular complexity index is 471. The van der Waals surface area contributed by atoms with E-state index in [1.165, 1.54) is 0 Å². The monoisotopic (exact) mass is 320 g/mol. The summed E-state index contributed by atoms with van der Waals surface area (Å²) in [5.74, 6) is 1.59. The van der Waals surface area contributed by atoms with Crippen LogP contribution in [0.3, 0.4) is 0 Å². The molecule has 0 amide bonds. The lowest BCUT2D eigenvalue weighted by molar-refractivity contribution is 0.0346. The Morgan fingerprint density at radius 1 is 1.17 bits per heavy atom. The minimum absolute atomic E-state index is 0.355. The van der Waals surface area contributed by atoms with Crippen LogP contribution in [0.4, 0.5) is 11.8 Å². The smallest absolute Gasteiger partial charge is 0.224 e. The van der Waals surface area contributed by atoms with Gasteiger partial charge in [0.05, 0.1) is 18.8 Å². The lowest BCUT2D eigenvalue weighted by Crippen LogP contribution is -2.31. The number of hydrogen-bond donors (Lipinski definition) is 2. The lowest BCUT2D eigenvalue weighted by Gasteiger charge is -2.29. The Hall–Kier alpha value is -1.40. The van der Waals surface area contributed by atoms with Gasteiger partial charge in [0.25, 0.3) is 0 Å². The van der Waals surface area contributed by atoms with Gasteiger partial charge in [-0.25, -0.2) is 4.98 Å². The molecule has 0 spiro atoms. The highest BCUT2D eigenvalue weighted by molar-refractivity contribution is 5.41. The first-order valence-electron chi connectivity index (χ1n) is 8.89. The molecule has 2 fully saturated rings. The molecule has 1 aliphatic carbocycles. The summed E-state index contributed by atoms with van der Waals surface area (Å²) in [6.07, 6.45) is 8.94. The normalized spacial score (nSPS) is 28.3. The Morgan fingerprint density at radius 3 is 2.78 bits per heavy atom. The average molecular weight is 320 g/mol. The highest BCUT2D eigenvalue weighted by atomic mass is 16.5. The number of nitrogens with zero attached hydrogens (tertiary/aromatic N) is 2. The molecule has 0 aromatic carbocycles. The molecule has 1 saturated carbocycles. The summed E-state index contributed by atoms with van der Waals surface area (Å²) in [5.41, 5.74) is 0. The van der Waals surface area contributed by atoms with Gasteiger partial charge in [0.1, 0.15) is 5.82 Å². The maximum Gasteiger partial charge on any atom is 0.224 e. The van der Waals surface area contributed by atoms with Crippen LogP contribution >= 0.6 is 0 Å². The van der Waals surface area contributed by atoms with Crippen LogP contribution in [0.2, 0.25) is 0 Å². The summed E-state index contributed by atoms with van der Waals surface area (Å²) in [5, 5.41) is 6.92. The van der Waals surface area contributed by atoms with Crippen molar-refractivity contribution >= 4 is 11.8 Å². The van der Waals surface area contributed by atoms with Gasteiger partial charge >= 0.3 is 0 Å². The van der Waals surface area contributed by atoms with Crippen molar-refractivity contribution in [3.8, 4) is 0 Å². The molecule has 1 aromatic heterocycles. The van der Waals surface area contributed by atoms with E-state index in [0.29, 0.717) is 24.1 Å². The number of nitrogens with one attached hydrogen (secondary N) is 2. The third-order valence-corrected chi connectivity index (χ3v) is 4.58. The Kier molecular flexibility index (Phi) is 6.05. The molecule has 1 atom stereocenters. The predicted molar refractivity (Wildman–Crippen MR) is 90.8 cm³/mol. The zero-order valence-electron chi connectivity index (χ0n) is 14.0. The van der Waals surface area contributed by atoms with Crippen molar-refractivity contribution in [2.75, 3.05) is 30.5 Å². The minimum atomic E-state index is 0.355. The van der Waals surface area contributed by atoms with Gasteiger partial charge in [-0.05, 0) is 51.5 Å². The van der Waals surface area contributed by atoms with Gasteiger partial charge in [-0.3, -0.25) is 0 Å². The van der Waals surface area contributed by atoms with Gasteiger partial charge in [-0.15, -0.1) is 0 Å². The van der Waals surface area contributed by atoms with Gasteiger partial charge in [0, 0.05) is 25.5 Å². The van der Waals surface area contributed by atoms with Crippen molar-refractivity contribution in [2.45, 2.75) is 63.6 Å². The van der Waals surface area contributed by atoms with E-state index in [1.807, 2.05) is 12.3 Å². The fraction of sp³-hybridized carbons (Fsp3) is 0.765. The van der Waals surface area contributed by atoms with Crippen LogP contribution in [0.5, 0.6) is 0 Å². The van der Waals surface area contributed by atoms with E-state index in [2.05, 4.69) is 27.5 Å². The second kappa shape index (κ2) is 8.45. The van der Waals surface area contributed by atoms with Crippen LogP contribution in [0.15, 0.2) is 12.3 Å². The second-order valence-corrected chi connectivity index (χ2v) is 6.40. The van der Waals surface area contributed by atoms with Gasteiger partial charge in [0.2, 0.25) is 5.95 Å². The van der Waals surface area contributed by atoms with Gasteiger partial charge in [-0.1, -0.05) is 0 Å². The van der Waals surface area contributed by atoms with E-state index in [0.717, 1.165) is 64.2 Å². The van der Waals surface area contributed by atoms with Gasteiger partial charge < -0.3 is 20.1 Å². The Morgan fingerprint density at radius 2 is 2.04 bits per heavy atom. The largest absolute Gasteiger partial charge is 0.379 e. The summed E-state index contributed by atoms with van der Waals surface area (Å²) in [6.45, 7) is 4.51. The third kappa shape index (κ3) is 5.04. The quantitative estimate of drug-likeness (QED) is 0.840. The van der Waals surface area contributed by atoms with E-state index < -0.39 is 0 Å².